The summed E-state index contributed by atoms with van der Waals surface area (Å²) < 4.78 is 6.39. The molecule has 0 heterocycles. The minimum absolute atomic E-state index is 0.633. The molecule has 1 aromatic rings. The van der Waals surface area contributed by atoms with Crippen molar-refractivity contribution in [2.24, 2.45) is 0 Å². The van der Waals surface area contributed by atoms with Crippen molar-refractivity contribution in [2.75, 3.05) is 12.4 Å². The normalized spacial score (nSPS) is 10.1. The van der Waals surface area contributed by atoms with E-state index in [9.17, 15) is 0 Å². The van der Waals surface area contributed by atoms with Gasteiger partial charge in [-0.1, -0.05) is 27.5 Å². The van der Waals surface area contributed by atoms with Gasteiger partial charge in [-0.25, -0.2) is 0 Å². The highest BCUT2D eigenvalue weighted by atomic mass is 79.9. The predicted octanol–water partition coefficient (Wildman–Crippen LogP) is 3.80. The number of hydrogen-bond donors (Lipinski definition) is 1. The van der Waals surface area contributed by atoms with Gasteiger partial charge in [0.15, 0.2) is 0 Å². The average Bonchev–Trinajstić information content (AvgIpc) is 2.09. The van der Waals surface area contributed by atoms with E-state index in [0.717, 1.165) is 22.4 Å². The van der Waals surface area contributed by atoms with Crippen LogP contribution in [0.15, 0.2) is 22.7 Å². The van der Waals surface area contributed by atoms with Gasteiger partial charge in [0.1, 0.15) is 5.75 Å². The Hall–Kier alpha value is 0.140. The van der Waals surface area contributed by atoms with E-state index in [-0.39, 0.29) is 0 Å². The molecule has 0 aliphatic rings. The number of thiol groups is 1. The Morgan fingerprint density at radius 2 is 2.23 bits per heavy atom. The lowest BCUT2D eigenvalue weighted by Crippen LogP contribution is -1.98. The molecule has 0 saturated carbocycles. The minimum Gasteiger partial charge on any atom is -0.492 e. The molecule has 13 heavy (non-hydrogen) atoms. The highest BCUT2D eigenvalue weighted by Gasteiger charge is 2.00. The third-order valence-electron chi connectivity index (χ3n) is 1.45. The van der Waals surface area contributed by atoms with Gasteiger partial charge in [-0.2, -0.15) is 12.6 Å². The monoisotopic (exact) mass is 280 g/mol. The van der Waals surface area contributed by atoms with Crippen LogP contribution in [0.2, 0.25) is 5.02 Å². The van der Waals surface area contributed by atoms with Crippen molar-refractivity contribution >= 4 is 40.2 Å². The van der Waals surface area contributed by atoms with Gasteiger partial charge in [-0.3, -0.25) is 0 Å². The molecule has 0 fully saturated rings. The second-order valence-corrected chi connectivity index (χ2v) is 4.27. The molecule has 1 rings (SSSR count). The number of rotatable bonds is 4. The third-order valence-corrected chi connectivity index (χ3v) is 2.56. The van der Waals surface area contributed by atoms with Gasteiger partial charge in [-0.15, -0.1) is 0 Å². The SMILES string of the molecule is SCCCOc1ccc(Br)cc1Cl. The van der Waals surface area contributed by atoms with Crippen LogP contribution in [0, 0.1) is 0 Å². The molecule has 0 aliphatic carbocycles. The Bertz CT molecular complexity index is 280. The fourth-order valence-electron chi connectivity index (χ4n) is 0.839. The molecule has 0 bridgehead atoms. The molecule has 1 aromatic carbocycles. The van der Waals surface area contributed by atoms with Crippen molar-refractivity contribution in [1.29, 1.82) is 0 Å². The lowest BCUT2D eigenvalue weighted by atomic mass is 10.3. The van der Waals surface area contributed by atoms with Gasteiger partial charge in [-0.05, 0) is 30.4 Å². The van der Waals surface area contributed by atoms with E-state index >= 15 is 0 Å². The van der Waals surface area contributed by atoms with Crippen LogP contribution in [0.3, 0.4) is 0 Å². The Kier molecular flexibility index (Phi) is 4.99. The van der Waals surface area contributed by atoms with Crippen LogP contribution in [-0.2, 0) is 0 Å². The molecule has 0 atom stereocenters. The smallest absolute Gasteiger partial charge is 0.137 e. The fourth-order valence-corrected chi connectivity index (χ4v) is 1.70. The minimum atomic E-state index is 0.633. The Labute approximate surface area is 97.0 Å². The van der Waals surface area contributed by atoms with E-state index in [2.05, 4.69) is 28.6 Å². The number of ether oxygens (including phenoxy) is 1. The summed E-state index contributed by atoms with van der Waals surface area (Å²) in [7, 11) is 0. The molecule has 0 amide bonds. The summed E-state index contributed by atoms with van der Waals surface area (Å²) >= 11 is 13.3. The number of benzene rings is 1. The lowest BCUT2D eigenvalue weighted by Gasteiger charge is -2.06. The van der Waals surface area contributed by atoms with Crippen LogP contribution < -0.4 is 4.74 Å². The molecule has 1 nitrogen and oxygen atoms in total. The van der Waals surface area contributed by atoms with Gasteiger partial charge >= 0.3 is 0 Å². The second kappa shape index (κ2) is 5.78. The summed E-state index contributed by atoms with van der Waals surface area (Å²) in [5.74, 6) is 1.56. The van der Waals surface area contributed by atoms with E-state index in [1.54, 1.807) is 0 Å². The van der Waals surface area contributed by atoms with Crippen LogP contribution in [0.5, 0.6) is 5.75 Å². The van der Waals surface area contributed by atoms with Crippen molar-refractivity contribution in [3.8, 4) is 5.75 Å². The zero-order valence-corrected chi connectivity index (χ0v) is 10.2. The van der Waals surface area contributed by atoms with E-state index in [1.165, 1.54) is 0 Å². The quantitative estimate of drug-likeness (QED) is 0.652. The number of hydrogen-bond acceptors (Lipinski definition) is 2. The Morgan fingerprint density at radius 3 is 2.85 bits per heavy atom. The van der Waals surface area contributed by atoms with Crippen molar-refractivity contribution in [3.05, 3.63) is 27.7 Å². The van der Waals surface area contributed by atoms with Crippen molar-refractivity contribution in [3.63, 3.8) is 0 Å². The van der Waals surface area contributed by atoms with Crippen molar-refractivity contribution in [1.82, 2.24) is 0 Å². The molecule has 0 aromatic heterocycles. The summed E-state index contributed by atoms with van der Waals surface area (Å²) in [6.07, 6.45) is 0.926. The molecule has 0 unspecified atom stereocenters. The molecule has 0 saturated heterocycles. The summed E-state index contributed by atoms with van der Waals surface area (Å²) in [5, 5.41) is 0.633. The Morgan fingerprint density at radius 1 is 1.46 bits per heavy atom. The van der Waals surface area contributed by atoms with Gasteiger partial charge in [0.05, 0.1) is 11.6 Å². The first-order valence-corrected chi connectivity index (χ1v) is 5.73. The molecule has 0 radical (unpaired) electrons. The van der Waals surface area contributed by atoms with Crippen molar-refractivity contribution in [2.45, 2.75) is 6.42 Å². The van der Waals surface area contributed by atoms with Gasteiger partial charge in [0.25, 0.3) is 0 Å². The highest BCUT2D eigenvalue weighted by molar-refractivity contribution is 9.10. The van der Waals surface area contributed by atoms with Crippen LogP contribution >= 0.6 is 40.2 Å². The van der Waals surface area contributed by atoms with E-state index in [4.69, 9.17) is 16.3 Å². The molecular weight excluding hydrogens is 272 g/mol. The molecule has 0 aliphatic heterocycles. The summed E-state index contributed by atoms with van der Waals surface area (Å²) in [5.41, 5.74) is 0. The Balaban J connectivity index is 2.56. The lowest BCUT2D eigenvalue weighted by molar-refractivity contribution is 0.319. The fraction of sp³-hybridized carbons (Fsp3) is 0.333. The molecule has 0 spiro atoms. The van der Waals surface area contributed by atoms with Gasteiger partial charge in [0.2, 0.25) is 0 Å². The summed E-state index contributed by atoms with van der Waals surface area (Å²) in [6, 6.07) is 5.57. The summed E-state index contributed by atoms with van der Waals surface area (Å²) in [4.78, 5) is 0. The largest absolute Gasteiger partial charge is 0.492 e. The van der Waals surface area contributed by atoms with Crippen molar-refractivity contribution < 1.29 is 4.74 Å². The molecule has 0 N–H and O–H groups in total. The molecular formula is C9H10BrClOS. The average molecular weight is 282 g/mol. The standard InChI is InChI=1S/C9H10BrClOS/c10-7-2-3-9(8(11)6-7)12-4-1-5-13/h2-3,6,13H,1,4-5H2. The molecule has 4 heteroatoms. The maximum atomic E-state index is 5.93. The van der Waals surface area contributed by atoms with E-state index < -0.39 is 0 Å². The topological polar surface area (TPSA) is 9.23 Å². The first-order valence-electron chi connectivity index (χ1n) is 3.93. The second-order valence-electron chi connectivity index (χ2n) is 2.50. The van der Waals surface area contributed by atoms with E-state index in [0.29, 0.717) is 11.6 Å². The summed E-state index contributed by atoms with van der Waals surface area (Å²) in [6.45, 7) is 0.658. The zero-order valence-electron chi connectivity index (χ0n) is 6.96. The zero-order chi connectivity index (χ0) is 9.68. The highest BCUT2D eigenvalue weighted by Crippen LogP contribution is 2.27. The van der Waals surface area contributed by atoms with Gasteiger partial charge < -0.3 is 4.74 Å². The van der Waals surface area contributed by atoms with Gasteiger partial charge in [0, 0.05) is 4.47 Å². The van der Waals surface area contributed by atoms with Crippen LogP contribution in [0.1, 0.15) is 6.42 Å². The maximum Gasteiger partial charge on any atom is 0.137 e. The first kappa shape index (κ1) is 11.2. The maximum absolute atomic E-state index is 5.93. The first-order chi connectivity index (χ1) is 6.24. The number of halogens is 2. The van der Waals surface area contributed by atoms with Crippen LogP contribution in [0.25, 0.3) is 0 Å². The van der Waals surface area contributed by atoms with Crippen LogP contribution in [0.4, 0.5) is 0 Å². The van der Waals surface area contributed by atoms with E-state index in [1.807, 2.05) is 18.2 Å². The third kappa shape index (κ3) is 3.79. The van der Waals surface area contributed by atoms with Crippen LogP contribution in [-0.4, -0.2) is 12.4 Å². The molecule has 72 valence electrons. The predicted molar refractivity (Wildman–Crippen MR) is 63.1 cm³/mol.